The van der Waals surface area contributed by atoms with Crippen molar-refractivity contribution in [3.63, 3.8) is 0 Å². The Morgan fingerprint density at radius 2 is 2.05 bits per heavy atom. The van der Waals surface area contributed by atoms with Crippen molar-refractivity contribution in [3.05, 3.63) is 28.8 Å². The Balaban J connectivity index is 1.97. The van der Waals surface area contributed by atoms with E-state index in [0.29, 0.717) is 16.7 Å². The van der Waals surface area contributed by atoms with Crippen LogP contribution >= 0.6 is 11.6 Å². The maximum atomic E-state index is 12.4. The molecule has 0 unspecified atom stereocenters. The minimum atomic E-state index is 0.109. The zero-order chi connectivity index (χ0) is 15.2. The van der Waals surface area contributed by atoms with Gasteiger partial charge in [0.05, 0.1) is 13.5 Å². The van der Waals surface area contributed by atoms with Crippen molar-refractivity contribution in [2.75, 3.05) is 33.9 Å². The summed E-state index contributed by atoms with van der Waals surface area (Å²) in [6, 6.07) is 5.45. The number of piperidine rings is 1. The lowest BCUT2D eigenvalue weighted by molar-refractivity contribution is -0.132. The molecule has 0 saturated carbocycles. The molecule has 1 amide bonds. The molecule has 0 aromatic heterocycles. The lowest BCUT2D eigenvalue weighted by Crippen LogP contribution is -2.40. The first-order valence-electron chi connectivity index (χ1n) is 7.23. The molecule has 0 aliphatic carbocycles. The number of halogens is 1. The van der Waals surface area contributed by atoms with E-state index >= 15 is 0 Å². The standard InChI is InChI=1S/C16H22ClNO3/c1-20-11-12-6-8-18(9-7-12)16(19)10-13-14(17)4-3-5-15(13)21-2/h3-5,12H,6-11H2,1-2H3. The van der Waals surface area contributed by atoms with Crippen molar-refractivity contribution in [1.82, 2.24) is 4.90 Å². The van der Waals surface area contributed by atoms with Gasteiger partial charge in [0.2, 0.25) is 5.91 Å². The molecule has 0 N–H and O–H groups in total. The predicted octanol–water partition coefficient (Wildman–Crippen LogP) is 2.78. The average Bonchev–Trinajstić information content (AvgIpc) is 2.50. The molecule has 1 fully saturated rings. The minimum Gasteiger partial charge on any atom is -0.496 e. The first kappa shape index (κ1) is 16.1. The molecule has 116 valence electrons. The number of carbonyl (C=O) groups excluding carboxylic acids is 1. The van der Waals surface area contributed by atoms with Gasteiger partial charge >= 0.3 is 0 Å². The lowest BCUT2D eigenvalue weighted by atomic mass is 9.97. The number of nitrogens with zero attached hydrogens (tertiary/aromatic N) is 1. The summed E-state index contributed by atoms with van der Waals surface area (Å²) < 4.78 is 10.5. The SMILES string of the molecule is COCC1CCN(C(=O)Cc2c(Cl)cccc2OC)CC1. The van der Waals surface area contributed by atoms with Gasteiger partial charge in [0.15, 0.2) is 0 Å². The Bertz CT molecular complexity index is 484. The number of carbonyl (C=O) groups is 1. The van der Waals surface area contributed by atoms with Gasteiger partial charge in [-0.3, -0.25) is 4.79 Å². The summed E-state index contributed by atoms with van der Waals surface area (Å²) in [4.78, 5) is 14.3. The largest absolute Gasteiger partial charge is 0.496 e. The highest BCUT2D eigenvalue weighted by Gasteiger charge is 2.24. The molecule has 1 aromatic carbocycles. The molecule has 1 aliphatic rings. The average molecular weight is 312 g/mol. The van der Waals surface area contributed by atoms with Gasteiger partial charge in [0, 0.05) is 37.4 Å². The molecule has 4 nitrogen and oxygen atoms in total. The topological polar surface area (TPSA) is 38.8 Å². The van der Waals surface area contributed by atoms with Crippen molar-refractivity contribution in [2.45, 2.75) is 19.3 Å². The molecule has 5 heteroatoms. The number of amides is 1. The monoisotopic (exact) mass is 311 g/mol. The zero-order valence-corrected chi connectivity index (χ0v) is 13.4. The van der Waals surface area contributed by atoms with Crippen LogP contribution in [0.1, 0.15) is 18.4 Å². The van der Waals surface area contributed by atoms with E-state index in [1.165, 1.54) is 0 Å². The molecule has 0 bridgehead atoms. The summed E-state index contributed by atoms with van der Waals surface area (Å²) in [5.41, 5.74) is 0.769. The molecular formula is C16H22ClNO3. The van der Waals surface area contributed by atoms with E-state index in [1.54, 1.807) is 20.3 Å². The number of methoxy groups -OCH3 is 2. The summed E-state index contributed by atoms with van der Waals surface area (Å²) in [5.74, 6) is 1.34. The fourth-order valence-corrected chi connectivity index (χ4v) is 2.98. The molecular weight excluding hydrogens is 290 g/mol. The van der Waals surface area contributed by atoms with Crippen LogP contribution in [0.2, 0.25) is 5.02 Å². The van der Waals surface area contributed by atoms with Crippen molar-refractivity contribution in [3.8, 4) is 5.75 Å². The van der Waals surface area contributed by atoms with Crippen molar-refractivity contribution in [1.29, 1.82) is 0 Å². The molecule has 0 atom stereocenters. The number of hydrogen-bond acceptors (Lipinski definition) is 3. The van der Waals surface area contributed by atoms with Crippen LogP contribution in [0.25, 0.3) is 0 Å². The molecule has 1 aromatic rings. The summed E-state index contributed by atoms with van der Waals surface area (Å²) >= 11 is 6.19. The molecule has 0 radical (unpaired) electrons. The third kappa shape index (κ3) is 4.11. The Hall–Kier alpha value is -1.26. The van der Waals surface area contributed by atoms with E-state index in [0.717, 1.165) is 38.1 Å². The Labute approximate surface area is 131 Å². The minimum absolute atomic E-state index is 0.109. The molecule has 1 saturated heterocycles. The van der Waals surface area contributed by atoms with Gasteiger partial charge in [-0.1, -0.05) is 17.7 Å². The number of rotatable bonds is 5. The second-order valence-corrected chi connectivity index (χ2v) is 5.78. The van der Waals surface area contributed by atoms with Gasteiger partial charge in [0.1, 0.15) is 5.75 Å². The highest BCUT2D eigenvalue weighted by atomic mass is 35.5. The van der Waals surface area contributed by atoms with Crippen LogP contribution in [-0.4, -0.2) is 44.7 Å². The highest BCUT2D eigenvalue weighted by Crippen LogP contribution is 2.27. The van der Waals surface area contributed by atoms with Gasteiger partial charge < -0.3 is 14.4 Å². The number of benzene rings is 1. The fourth-order valence-electron chi connectivity index (χ4n) is 2.75. The van der Waals surface area contributed by atoms with E-state index in [1.807, 2.05) is 17.0 Å². The summed E-state index contributed by atoms with van der Waals surface area (Å²) in [6.07, 6.45) is 2.29. The van der Waals surface area contributed by atoms with Crippen LogP contribution in [0.3, 0.4) is 0 Å². The van der Waals surface area contributed by atoms with E-state index in [9.17, 15) is 4.79 Å². The predicted molar refractivity (Wildman–Crippen MR) is 82.9 cm³/mol. The van der Waals surface area contributed by atoms with Crippen molar-refractivity contribution < 1.29 is 14.3 Å². The maximum Gasteiger partial charge on any atom is 0.227 e. The van der Waals surface area contributed by atoms with Crippen LogP contribution in [0.5, 0.6) is 5.75 Å². The third-order valence-electron chi connectivity index (χ3n) is 3.99. The summed E-state index contributed by atoms with van der Waals surface area (Å²) in [6.45, 7) is 2.36. The lowest BCUT2D eigenvalue weighted by Gasteiger charge is -2.32. The molecule has 21 heavy (non-hydrogen) atoms. The number of hydrogen-bond donors (Lipinski definition) is 0. The Morgan fingerprint density at radius 3 is 2.67 bits per heavy atom. The normalized spacial score (nSPS) is 16.0. The van der Waals surface area contributed by atoms with E-state index in [4.69, 9.17) is 21.1 Å². The van der Waals surface area contributed by atoms with Gasteiger partial charge in [-0.25, -0.2) is 0 Å². The van der Waals surface area contributed by atoms with Gasteiger partial charge in [-0.2, -0.15) is 0 Å². The summed E-state index contributed by atoms with van der Waals surface area (Å²) in [5, 5.41) is 0.581. The number of ether oxygens (including phenoxy) is 2. The first-order chi connectivity index (χ1) is 10.2. The van der Waals surface area contributed by atoms with Gasteiger partial charge in [-0.15, -0.1) is 0 Å². The van der Waals surface area contributed by atoms with E-state index in [2.05, 4.69) is 0 Å². The second kappa shape index (κ2) is 7.66. The van der Waals surface area contributed by atoms with Crippen LogP contribution in [0.4, 0.5) is 0 Å². The van der Waals surface area contributed by atoms with Crippen LogP contribution in [-0.2, 0) is 16.0 Å². The maximum absolute atomic E-state index is 12.4. The summed E-state index contributed by atoms with van der Waals surface area (Å²) in [7, 11) is 3.32. The van der Waals surface area contributed by atoms with E-state index in [-0.39, 0.29) is 12.3 Å². The van der Waals surface area contributed by atoms with Crippen molar-refractivity contribution in [2.24, 2.45) is 5.92 Å². The van der Waals surface area contributed by atoms with Crippen LogP contribution < -0.4 is 4.74 Å². The van der Waals surface area contributed by atoms with E-state index < -0.39 is 0 Å². The highest BCUT2D eigenvalue weighted by molar-refractivity contribution is 6.31. The second-order valence-electron chi connectivity index (χ2n) is 5.38. The molecule has 1 heterocycles. The fraction of sp³-hybridized carbons (Fsp3) is 0.562. The third-order valence-corrected chi connectivity index (χ3v) is 4.35. The smallest absolute Gasteiger partial charge is 0.227 e. The molecule has 0 spiro atoms. The van der Waals surface area contributed by atoms with Crippen LogP contribution in [0, 0.1) is 5.92 Å². The van der Waals surface area contributed by atoms with Crippen molar-refractivity contribution >= 4 is 17.5 Å². The van der Waals surface area contributed by atoms with Gasteiger partial charge in [0.25, 0.3) is 0 Å². The molecule has 1 aliphatic heterocycles. The molecule has 2 rings (SSSR count). The quantitative estimate of drug-likeness (QED) is 0.839. The zero-order valence-electron chi connectivity index (χ0n) is 12.6. The van der Waals surface area contributed by atoms with Crippen LogP contribution in [0.15, 0.2) is 18.2 Å². The number of likely N-dealkylation sites (tertiary alicyclic amines) is 1. The Morgan fingerprint density at radius 1 is 1.33 bits per heavy atom. The van der Waals surface area contributed by atoms with Gasteiger partial charge in [-0.05, 0) is 30.9 Å². The first-order valence-corrected chi connectivity index (χ1v) is 7.61. The Kier molecular flexibility index (Phi) is 5.88.